The average molecular weight is 479 g/mol. The summed E-state index contributed by atoms with van der Waals surface area (Å²) >= 11 is 0. The Balaban J connectivity index is 1.52. The Morgan fingerprint density at radius 2 is 1.73 bits per heavy atom. The van der Waals surface area contributed by atoms with Gasteiger partial charge >= 0.3 is 12.1 Å². The van der Waals surface area contributed by atoms with Gasteiger partial charge in [-0.25, -0.2) is 8.42 Å². The molecule has 8 nitrogen and oxygen atoms in total. The van der Waals surface area contributed by atoms with Gasteiger partial charge in [0, 0.05) is 29.9 Å². The molecule has 1 aromatic heterocycles. The van der Waals surface area contributed by atoms with Crippen molar-refractivity contribution in [1.82, 2.24) is 14.8 Å². The number of rotatable bonds is 5. The van der Waals surface area contributed by atoms with Crippen LogP contribution in [0.3, 0.4) is 0 Å². The molecule has 3 aromatic rings. The molecule has 1 aliphatic heterocycles. The summed E-state index contributed by atoms with van der Waals surface area (Å²) in [5.41, 5.74) is 0.833. The first-order valence-corrected chi connectivity index (χ1v) is 11.7. The van der Waals surface area contributed by atoms with Crippen molar-refractivity contribution in [2.75, 3.05) is 10.0 Å². The number of hydrogen-bond donors (Lipinski definition) is 2. The van der Waals surface area contributed by atoms with Gasteiger partial charge in [0.05, 0.1) is 4.90 Å². The molecule has 2 heterocycles. The zero-order valence-corrected chi connectivity index (χ0v) is 18.1. The van der Waals surface area contributed by atoms with Crippen LogP contribution in [0.15, 0.2) is 53.4 Å². The van der Waals surface area contributed by atoms with Gasteiger partial charge in [-0.3, -0.25) is 9.52 Å². The van der Waals surface area contributed by atoms with Gasteiger partial charge in [0.25, 0.3) is 10.0 Å². The molecule has 0 bridgehead atoms. The van der Waals surface area contributed by atoms with Crippen molar-refractivity contribution in [3.8, 4) is 11.4 Å². The maximum absolute atomic E-state index is 12.8. The second-order valence-corrected chi connectivity index (χ2v) is 9.25. The molecule has 2 aromatic carbocycles. The molecule has 0 spiro atoms. The number of carbonyl (C=O) groups excluding carboxylic acids is 1. The number of nitrogens with one attached hydrogen (secondary N) is 2. The molecule has 0 fully saturated rings. The molecule has 0 atom stereocenters. The Bertz CT molecular complexity index is 1270. The third-order valence-corrected chi connectivity index (χ3v) is 6.56. The summed E-state index contributed by atoms with van der Waals surface area (Å²) in [6, 6.07) is 11.1. The fourth-order valence-electron chi connectivity index (χ4n) is 3.55. The second-order valence-electron chi connectivity index (χ2n) is 7.56. The van der Waals surface area contributed by atoms with E-state index in [-0.39, 0.29) is 10.6 Å². The number of nitrogens with zero attached hydrogens (tertiary/aromatic N) is 3. The first-order chi connectivity index (χ1) is 15.6. The summed E-state index contributed by atoms with van der Waals surface area (Å²) in [4.78, 5) is 10.8. The Labute approximate surface area is 187 Å². The zero-order chi connectivity index (χ0) is 23.6. The van der Waals surface area contributed by atoms with E-state index < -0.39 is 22.1 Å². The normalized spacial score (nSPS) is 14.3. The third-order valence-electron chi connectivity index (χ3n) is 5.16. The van der Waals surface area contributed by atoms with Crippen molar-refractivity contribution >= 4 is 27.3 Å². The van der Waals surface area contributed by atoms with Gasteiger partial charge in [-0.05, 0) is 49.2 Å². The van der Waals surface area contributed by atoms with Crippen molar-refractivity contribution in [3.63, 3.8) is 0 Å². The van der Waals surface area contributed by atoms with Gasteiger partial charge in [-0.2, -0.15) is 13.2 Å². The number of sulfonamides is 1. The lowest BCUT2D eigenvalue weighted by atomic mass is 10.2. The molecule has 0 radical (unpaired) electrons. The van der Waals surface area contributed by atoms with Crippen molar-refractivity contribution < 1.29 is 26.4 Å². The Kier molecular flexibility index (Phi) is 6.11. The van der Waals surface area contributed by atoms with E-state index in [0.717, 1.165) is 62.3 Å². The van der Waals surface area contributed by atoms with E-state index in [1.54, 1.807) is 23.5 Å². The van der Waals surface area contributed by atoms with Gasteiger partial charge in [-0.15, -0.1) is 10.2 Å². The van der Waals surface area contributed by atoms with E-state index in [2.05, 4.69) is 19.5 Å². The number of benzene rings is 2. The minimum atomic E-state index is -5.04. The molecule has 33 heavy (non-hydrogen) atoms. The molecule has 0 unspecified atom stereocenters. The molecular weight excluding hydrogens is 459 g/mol. The maximum atomic E-state index is 12.8. The number of anilines is 2. The fourth-order valence-corrected chi connectivity index (χ4v) is 4.60. The van der Waals surface area contributed by atoms with Crippen LogP contribution in [0.4, 0.5) is 24.5 Å². The molecule has 1 aliphatic rings. The lowest BCUT2D eigenvalue weighted by molar-refractivity contribution is -0.167. The average Bonchev–Trinajstić information content (AvgIpc) is 3.01. The van der Waals surface area contributed by atoms with Crippen LogP contribution in [-0.4, -0.2) is 35.3 Å². The predicted molar refractivity (Wildman–Crippen MR) is 115 cm³/mol. The van der Waals surface area contributed by atoms with E-state index in [9.17, 15) is 26.4 Å². The van der Waals surface area contributed by atoms with Crippen LogP contribution in [0.25, 0.3) is 11.4 Å². The number of halogens is 3. The monoisotopic (exact) mass is 479 g/mol. The number of aromatic nitrogens is 3. The highest BCUT2D eigenvalue weighted by atomic mass is 32.2. The molecule has 174 valence electrons. The van der Waals surface area contributed by atoms with E-state index >= 15 is 0 Å². The number of amides is 1. The van der Waals surface area contributed by atoms with Gasteiger partial charge < -0.3 is 9.88 Å². The number of alkyl halides is 3. The third kappa shape index (κ3) is 5.16. The smallest absolute Gasteiger partial charge is 0.318 e. The highest BCUT2D eigenvalue weighted by molar-refractivity contribution is 7.92. The molecule has 12 heteroatoms. The van der Waals surface area contributed by atoms with E-state index in [4.69, 9.17) is 0 Å². The van der Waals surface area contributed by atoms with Crippen LogP contribution in [0.5, 0.6) is 0 Å². The number of fused-ring (bicyclic) bond motifs is 1. The van der Waals surface area contributed by atoms with Crippen LogP contribution in [-0.2, 0) is 27.8 Å². The summed E-state index contributed by atoms with van der Waals surface area (Å²) in [5.74, 6) is -0.566. The lowest BCUT2D eigenvalue weighted by Crippen LogP contribution is -2.29. The van der Waals surface area contributed by atoms with Gasteiger partial charge in [0.15, 0.2) is 5.82 Å². The van der Waals surface area contributed by atoms with Gasteiger partial charge in [0.2, 0.25) is 0 Å². The molecular formula is C21H20F3N5O3S. The van der Waals surface area contributed by atoms with E-state index in [0.29, 0.717) is 17.1 Å². The minimum absolute atomic E-state index is 0.172. The summed E-state index contributed by atoms with van der Waals surface area (Å²) < 4.78 is 67.1. The maximum Gasteiger partial charge on any atom is 0.471 e. The molecule has 2 N–H and O–H groups in total. The second kappa shape index (κ2) is 8.85. The minimum Gasteiger partial charge on any atom is -0.318 e. The summed E-state index contributed by atoms with van der Waals surface area (Å²) in [6.07, 6.45) is -1.01. The largest absolute Gasteiger partial charge is 0.471 e. The quantitative estimate of drug-likeness (QED) is 0.576. The standard InChI is InChI=1S/C21H20F3N5O3S/c22-21(23,24)20(30)25-15-8-10-17(11-9-15)33(31,32)28-16-6-4-5-14(13-16)19-27-26-18-7-2-1-3-12-29(18)19/h4-6,8-11,13,28H,1-3,7,12H2,(H,25,30). The number of aryl methyl sites for hydroxylation is 1. The molecule has 0 saturated carbocycles. The van der Waals surface area contributed by atoms with Crippen molar-refractivity contribution in [2.45, 2.75) is 43.3 Å². The number of carbonyl (C=O) groups is 1. The Morgan fingerprint density at radius 3 is 2.45 bits per heavy atom. The lowest BCUT2D eigenvalue weighted by Gasteiger charge is -2.12. The Hall–Kier alpha value is -3.41. The van der Waals surface area contributed by atoms with Crippen LogP contribution in [0.1, 0.15) is 25.1 Å². The highest BCUT2D eigenvalue weighted by Crippen LogP contribution is 2.26. The topological polar surface area (TPSA) is 106 Å². The van der Waals surface area contributed by atoms with Crippen molar-refractivity contribution in [2.24, 2.45) is 0 Å². The van der Waals surface area contributed by atoms with Crippen molar-refractivity contribution in [1.29, 1.82) is 0 Å². The molecule has 0 aliphatic carbocycles. The summed E-state index contributed by atoms with van der Waals surface area (Å²) in [5, 5.41) is 10.2. The fraction of sp³-hybridized carbons (Fsp3) is 0.286. The first kappa shape index (κ1) is 22.8. The zero-order valence-electron chi connectivity index (χ0n) is 17.3. The Morgan fingerprint density at radius 1 is 0.970 bits per heavy atom. The SMILES string of the molecule is O=C(Nc1ccc(S(=O)(=O)Nc2cccc(-c3nnc4n3CCCCC4)c2)cc1)C(F)(F)F. The van der Waals surface area contributed by atoms with Crippen molar-refractivity contribution in [3.05, 3.63) is 54.4 Å². The van der Waals surface area contributed by atoms with E-state index in [1.807, 2.05) is 6.07 Å². The summed E-state index contributed by atoms with van der Waals surface area (Å²) in [7, 11) is -4.02. The highest BCUT2D eigenvalue weighted by Gasteiger charge is 2.38. The molecule has 1 amide bonds. The van der Waals surface area contributed by atoms with Crippen LogP contribution in [0, 0.1) is 0 Å². The van der Waals surface area contributed by atoms with Gasteiger partial charge in [-0.1, -0.05) is 18.6 Å². The van der Waals surface area contributed by atoms with Crippen LogP contribution >= 0.6 is 0 Å². The molecule has 4 rings (SSSR count). The van der Waals surface area contributed by atoms with Crippen LogP contribution < -0.4 is 10.0 Å². The van der Waals surface area contributed by atoms with Crippen LogP contribution in [0.2, 0.25) is 0 Å². The predicted octanol–water partition coefficient (Wildman–Crippen LogP) is 3.97. The van der Waals surface area contributed by atoms with Gasteiger partial charge in [0.1, 0.15) is 5.82 Å². The summed E-state index contributed by atoms with van der Waals surface area (Å²) in [6.45, 7) is 0.796. The first-order valence-electron chi connectivity index (χ1n) is 10.2. The van der Waals surface area contributed by atoms with E-state index in [1.165, 1.54) is 0 Å². The number of hydrogen-bond acceptors (Lipinski definition) is 5. The molecule has 0 saturated heterocycles.